The van der Waals surface area contributed by atoms with Crippen molar-refractivity contribution in [2.45, 2.75) is 18.4 Å². The van der Waals surface area contributed by atoms with E-state index in [1.54, 1.807) is 7.05 Å². The molecule has 0 atom stereocenters. The van der Waals surface area contributed by atoms with Crippen LogP contribution in [0.1, 0.15) is 11.1 Å². The van der Waals surface area contributed by atoms with Crippen LogP contribution in [0.4, 0.5) is 10.1 Å². The first-order chi connectivity index (χ1) is 15.2. The van der Waals surface area contributed by atoms with Crippen LogP contribution >= 0.6 is 0 Å². The summed E-state index contributed by atoms with van der Waals surface area (Å²) >= 11 is 0. The molecule has 0 aromatic heterocycles. The molecule has 0 bridgehead atoms. The van der Waals surface area contributed by atoms with Crippen LogP contribution in [0.3, 0.4) is 0 Å². The molecule has 1 amide bonds. The molecule has 0 aliphatic carbocycles. The molecule has 8 heteroatoms. The Morgan fingerprint density at radius 3 is 2.09 bits per heavy atom. The number of likely N-dealkylation sites (N-methyl/N-ethyl adjacent to an activating group) is 1. The van der Waals surface area contributed by atoms with Crippen LogP contribution in [0.5, 0.6) is 5.75 Å². The fourth-order valence-electron chi connectivity index (χ4n) is 3.10. The predicted molar refractivity (Wildman–Crippen MR) is 122 cm³/mol. The van der Waals surface area contributed by atoms with Gasteiger partial charge in [0.25, 0.3) is 10.0 Å². The van der Waals surface area contributed by atoms with Crippen LogP contribution < -0.4 is 9.04 Å². The van der Waals surface area contributed by atoms with Crippen molar-refractivity contribution in [3.8, 4) is 5.75 Å². The molecule has 0 aliphatic rings. The lowest BCUT2D eigenvalue weighted by Crippen LogP contribution is -2.41. The van der Waals surface area contributed by atoms with E-state index in [1.807, 2.05) is 31.2 Å². The van der Waals surface area contributed by atoms with Gasteiger partial charge in [0, 0.05) is 13.6 Å². The Bertz CT molecular complexity index is 1160. The van der Waals surface area contributed by atoms with E-state index in [9.17, 15) is 17.6 Å². The number of hydrogen-bond donors (Lipinski definition) is 0. The molecule has 0 unspecified atom stereocenters. The second-order valence-corrected chi connectivity index (χ2v) is 9.26. The number of methoxy groups -OCH3 is 1. The Labute approximate surface area is 187 Å². The number of benzene rings is 3. The summed E-state index contributed by atoms with van der Waals surface area (Å²) in [6, 6.07) is 18.6. The lowest BCUT2D eigenvalue weighted by atomic mass is 10.1. The number of carbonyl (C=O) groups excluding carboxylic acids is 1. The molecule has 0 fully saturated rings. The molecule has 6 nitrogen and oxygen atoms in total. The van der Waals surface area contributed by atoms with Gasteiger partial charge in [-0.15, -0.1) is 0 Å². The number of sulfonamides is 1. The Morgan fingerprint density at radius 2 is 1.53 bits per heavy atom. The first kappa shape index (κ1) is 23.3. The van der Waals surface area contributed by atoms with E-state index in [2.05, 4.69) is 0 Å². The minimum absolute atomic E-state index is 0.00314. The van der Waals surface area contributed by atoms with Crippen molar-refractivity contribution >= 4 is 21.6 Å². The molecule has 168 valence electrons. The molecule has 0 heterocycles. The lowest BCUT2D eigenvalue weighted by molar-refractivity contribution is -0.128. The highest BCUT2D eigenvalue weighted by atomic mass is 32.2. The van der Waals surface area contributed by atoms with E-state index in [-0.39, 0.29) is 10.6 Å². The number of carbonyl (C=O) groups is 1. The van der Waals surface area contributed by atoms with Crippen molar-refractivity contribution < 1.29 is 22.3 Å². The Morgan fingerprint density at radius 1 is 0.938 bits per heavy atom. The summed E-state index contributed by atoms with van der Waals surface area (Å²) in [5.41, 5.74) is 2.23. The summed E-state index contributed by atoms with van der Waals surface area (Å²) in [7, 11) is -0.992. The molecular weight excluding hydrogens is 431 g/mol. The zero-order valence-electron chi connectivity index (χ0n) is 18.2. The largest absolute Gasteiger partial charge is 0.497 e. The fourth-order valence-corrected chi connectivity index (χ4v) is 4.51. The minimum Gasteiger partial charge on any atom is -0.497 e. The van der Waals surface area contributed by atoms with E-state index >= 15 is 0 Å². The number of nitrogens with zero attached hydrogens (tertiary/aromatic N) is 2. The van der Waals surface area contributed by atoms with Crippen molar-refractivity contribution in [1.82, 2.24) is 4.90 Å². The lowest BCUT2D eigenvalue weighted by Gasteiger charge is -2.27. The molecule has 0 spiro atoms. The zero-order valence-corrected chi connectivity index (χ0v) is 19.0. The summed E-state index contributed by atoms with van der Waals surface area (Å²) in [6.45, 7) is 1.88. The van der Waals surface area contributed by atoms with Gasteiger partial charge in [-0.3, -0.25) is 9.10 Å². The first-order valence-corrected chi connectivity index (χ1v) is 11.4. The van der Waals surface area contributed by atoms with Crippen molar-refractivity contribution in [1.29, 1.82) is 0 Å². The van der Waals surface area contributed by atoms with E-state index in [1.165, 1.54) is 48.4 Å². The predicted octanol–water partition coefficient (Wildman–Crippen LogP) is 4.00. The van der Waals surface area contributed by atoms with Gasteiger partial charge in [0.05, 0.1) is 17.7 Å². The Kier molecular flexibility index (Phi) is 7.15. The van der Waals surface area contributed by atoms with E-state index in [0.717, 1.165) is 27.6 Å². The minimum atomic E-state index is -4.09. The molecule has 3 rings (SSSR count). The second kappa shape index (κ2) is 9.82. The number of aryl methyl sites for hydroxylation is 1. The van der Waals surface area contributed by atoms with Crippen LogP contribution in [0, 0.1) is 12.7 Å². The second-order valence-electron chi connectivity index (χ2n) is 7.40. The van der Waals surface area contributed by atoms with Crippen LogP contribution in [0.25, 0.3) is 0 Å². The van der Waals surface area contributed by atoms with Gasteiger partial charge >= 0.3 is 0 Å². The third-order valence-electron chi connectivity index (χ3n) is 5.01. The molecule has 0 aliphatic heterocycles. The maximum Gasteiger partial charge on any atom is 0.264 e. The maximum absolute atomic E-state index is 13.5. The Hall–Kier alpha value is -3.39. The highest BCUT2D eigenvalue weighted by Gasteiger charge is 2.28. The van der Waals surface area contributed by atoms with Gasteiger partial charge in [0.1, 0.15) is 18.1 Å². The third-order valence-corrected chi connectivity index (χ3v) is 6.80. The number of amides is 1. The molecule has 3 aromatic carbocycles. The van der Waals surface area contributed by atoms with Gasteiger partial charge in [-0.25, -0.2) is 12.8 Å². The normalized spacial score (nSPS) is 11.1. The molecular formula is C24H25FN2O4S. The number of halogens is 1. The summed E-state index contributed by atoms with van der Waals surface area (Å²) < 4.78 is 46.3. The number of ether oxygens (including phenoxy) is 1. The quantitative estimate of drug-likeness (QED) is 0.514. The van der Waals surface area contributed by atoms with E-state index < -0.39 is 28.3 Å². The molecule has 3 aromatic rings. The van der Waals surface area contributed by atoms with Gasteiger partial charge in [0.15, 0.2) is 0 Å². The van der Waals surface area contributed by atoms with Crippen LogP contribution in [0.15, 0.2) is 77.7 Å². The van der Waals surface area contributed by atoms with Crippen molar-refractivity contribution in [2.24, 2.45) is 0 Å². The summed E-state index contributed by atoms with van der Waals surface area (Å²) in [5, 5.41) is 0. The van der Waals surface area contributed by atoms with E-state index in [4.69, 9.17) is 4.74 Å². The first-order valence-electron chi connectivity index (χ1n) is 9.92. The van der Waals surface area contributed by atoms with Gasteiger partial charge in [-0.05, 0) is 61.0 Å². The van der Waals surface area contributed by atoms with Crippen molar-refractivity contribution in [3.63, 3.8) is 0 Å². The van der Waals surface area contributed by atoms with Crippen LogP contribution in [0.2, 0.25) is 0 Å². The molecule has 0 N–H and O–H groups in total. The average Bonchev–Trinajstić information content (AvgIpc) is 2.79. The topological polar surface area (TPSA) is 66.9 Å². The molecule has 0 saturated heterocycles. The maximum atomic E-state index is 13.5. The smallest absolute Gasteiger partial charge is 0.264 e. The third kappa shape index (κ3) is 5.45. The monoisotopic (exact) mass is 456 g/mol. The fraction of sp³-hybridized carbons (Fsp3) is 0.208. The van der Waals surface area contributed by atoms with Gasteiger partial charge < -0.3 is 9.64 Å². The number of hydrogen-bond acceptors (Lipinski definition) is 4. The van der Waals surface area contributed by atoms with Crippen molar-refractivity contribution in [3.05, 3.63) is 89.7 Å². The molecule has 32 heavy (non-hydrogen) atoms. The summed E-state index contributed by atoms with van der Waals surface area (Å²) in [6.07, 6.45) is 0. The standard InChI is InChI=1S/C24H25FN2O4S/c1-18-4-6-19(7-5-18)16-26(2)24(28)17-27(21-10-8-20(25)9-11-21)32(29,30)23-14-12-22(31-3)13-15-23/h4-15H,16-17H2,1-3H3. The molecule has 0 saturated carbocycles. The summed E-state index contributed by atoms with van der Waals surface area (Å²) in [5.74, 6) is -0.392. The van der Waals surface area contributed by atoms with Crippen LogP contribution in [-0.2, 0) is 21.4 Å². The van der Waals surface area contributed by atoms with Gasteiger partial charge in [-0.2, -0.15) is 0 Å². The highest BCUT2D eigenvalue weighted by Crippen LogP contribution is 2.25. The van der Waals surface area contributed by atoms with Crippen molar-refractivity contribution in [2.75, 3.05) is 25.0 Å². The summed E-state index contributed by atoms with van der Waals surface area (Å²) in [4.78, 5) is 14.4. The highest BCUT2D eigenvalue weighted by molar-refractivity contribution is 7.92. The number of anilines is 1. The SMILES string of the molecule is COc1ccc(S(=O)(=O)N(CC(=O)N(C)Cc2ccc(C)cc2)c2ccc(F)cc2)cc1. The average molecular weight is 457 g/mol. The van der Waals surface area contributed by atoms with Gasteiger partial charge in [0.2, 0.25) is 5.91 Å². The van der Waals surface area contributed by atoms with Gasteiger partial charge in [-0.1, -0.05) is 29.8 Å². The van der Waals surface area contributed by atoms with E-state index in [0.29, 0.717) is 12.3 Å². The zero-order chi connectivity index (χ0) is 23.3. The van der Waals surface area contributed by atoms with Crippen LogP contribution in [-0.4, -0.2) is 39.9 Å². The number of rotatable bonds is 8. The molecule has 0 radical (unpaired) electrons. The Balaban J connectivity index is 1.89.